The van der Waals surface area contributed by atoms with Gasteiger partial charge in [0.1, 0.15) is 22.3 Å². The average molecular weight is 361 g/mol. The number of ether oxygens (including phenoxy) is 1. The molecule has 23 heavy (non-hydrogen) atoms. The van der Waals surface area contributed by atoms with Gasteiger partial charge < -0.3 is 20.1 Å². The molecule has 0 amide bonds. The van der Waals surface area contributed by atoms with Gasteiger partial charge in [0.15, 0.2) is 0 Å². The molecular formula is C17H36O4Si2. The predicted molar refractivity (Wildman–Crippen MR) is 105 cm³/mol. The van der Waals surface area contributed by atoms with Crippen LogP contribution in [0.25, 0.3) is 0 Å². The van der Waals surface area contributed by atoms with Crippen LogP contribution in [-0.4, -0.2) is 63.5 Å². The first kappa shape index (κ1) is 27.3. The van der Waals surface area contributed by atoms with Gasteiger partial charge in [-0.3, -0.25) is 0 Å². The summed E-state index contributed by atoms with van der Waals surface area (Å²) in [4.78, 5) is 0. The van der Waals surface area contributed by atoms with Crippen molar-refractivity contribution in [3.8, 4) is 23.4 Å². The van der Waals surface area contributed by atoms with E-state index < -0.39 is 22.3 Å². The van der Waals surface area contributed by atoms with Gasteiger partial charge in [0.2, 0.25) is 0 Å². The van der Waals surface area contributed by atoms with Gasteiger partial charge in [0, 0.05) is 6.42 Å². The Labute approximate surface area is 145 Å². The third-order valence-electron chi connectivity index (χ3n) is 2.05. The fourth-order valence-electron chi connectivity index (χ4n) is 0.672. The number of aliphatic hydroxyl groups excluding tert-OH is 3. The summed E-state index contributed by atoms with van der Waals surface area (Å²) in [7, 11) is -2.39. The van der Waals surface area contributed by atoms with Crippen molar-refractivity contribution >= 4 is 16.1 Å². The maximum atomic E-state index is 8.92. The molecule has 0 spiro atoms. The lowest BCUT2D eigenvalue weighted by Crippen LogP contribution is -2.17. The van der Waals surface area contributed by atoms with Crippen molar-refractivity contribution in [2.75, 3.05) is 19.8 Å². The Morgan fingerprint density at radius 3 is 1.74 bits per heavy atom. The van der Waals surface area contributed by atoms with Crippen molar-refractivity contribution in [2.45, 2.75) is 65.3 Å². The highest BCUT2D eigenvalue weighted by atomic mass is 28.3. The number of epoxide rings is 1. The molecule has 0 radical (unpaired) electrons. The van der Waals surface area contributed by atoms with E-state index in [2.05, 4.69) is 61.0 Å². The molecule has 1 aliphatic rings. The zero-order chi connectivity index (χ0) is 17.8. The molecule has 4 nitrogen and oxygen atoms in total. The van der Waals surface area contributed by atoms with Crippen LogP contribution in [0.5, 0.6) is 0 Å². The summed E-state index contributed by atoms with van der Waals surface area (Å²) in [6.45, 7) is 13.6. The lowest BCUT2D eigenvalue weighted by atomic mass is 10.3. The van der Waals surface area contributed by atoms with Gasteiger partial charge in [-0.1, -0.05) is 46.7 Å². The number of hydrogen-bond donors (Lipinski definition) is 3. The number of hydrogen-bond acceptors (Lipinski definition) is 4. The monoisotopic (exact) mass is 360 g/mol. The van der Waals surface area contributed by atoms with E-state index in [1.807, 2.05) is 0 Å². The van der Waals surface area contributed by atoms with Gasteiger partial charge in [-0.2, -0.15) is 0 Å². The minimum atomic E-state index is -1.29. The highest BCUT2D eigenvalue weighted by molar-refractivity contribution is 6.84. The van der Waals surface area contributed by atoms with Crippen LogP contribution < -0.4 is 0 Å². The Hall–Kier alpha value is -0.606. The van der Waals surface area contributed by atoms with E-state index in [1.165, 1.54) is 0 Å². The largest absolute Gasteiger partial charge is 0.394 e. The van der Waals surface area contributed by atoms with Gasteiger partial charge in [0.25, 0.3) is 0 Å². The molecule has 3 N–H and O–H groups in total. The summed E-state index contributed by atoms with van der Waals surface area (Å²) in [6, 6.07) is 0. The van der Waals surface area contributed by atoms with Crippen molar-refractivity contribution < 1.29 is 20.1 Å². The third-order valence-corrected chi connectivity index (χ3v) is 3.84. The molecule has 0 saturated carbocycles. The van der Waals surface area contributed by atoms with Crippen molar-refractivity contribution in [3.63, 3.8) is 0 Å². The second-order valence-corrected chi connectivity index (χ2v) is 16.7. The molecule has 1 fully saturated rings. The summed E-state index contributed by atoms with van der Waals surface area (Å²) >= 11 is 0. The molecule has 0 aliphatic carbocycles. The van der Waals surface area contributed by atoms with Crippen LogP contribution in [0.2, 0.25) is 39.3 Å². The minimum absolute atomic E-state index is 0. The molecule has 0 bridgehead atoms. The highest BCUT2D eigenvalue weighted by Crippen LogP contribution is 2.05. The summed E-state index contributed by atoms with van der Waals surface area (Å²) < 4.78 is 4.61. The second kappa shape index (κ2) is 13.8. The molecule has 0 aromatic heterocycles. The first-order valence-electron chi connectivity index (χ1n) is 7.44. The van der Waals surface area contributed by atoms with E-state index in [4.69, 9.17) is 21.7 Å². The van der Waals surface area contributed by atoms with Gasteiger partial charge in [-0.05, 0) is 0 Å². The van der Waals surface area contributed by atoms with Crippen molar-refractivity contribution in [3.05, 3.63) is 0 Å². The zero-order valence-corrected chi connectivity index (χ0v) is 16.8. The average Bonchev–Trinajstić information content (AvgIpc) is 3.21. The van der Waals surface area contributed by atoms with Crippen LogP contribution in [0.1, 0.15) is 13.8 Å². The van der Waals surface area contributed by atoms with E-state index in [-0.39, 0.29) is 26.7 Å². The fourth-order valence-corrected chi connectivity index (χ4v) is 1.30. The van der Waals surface area contributed by atoms with E-state index in [9.17, 15) is 0 Å². The lowest BCUT2D eigenvalue weighted by Gasteiger charge is -2.04. The molecule has 2 atom stereocenters. The Bertz CT molecular complexity index is 377. The quantitative estimate of drug-likeness (QED) is 0.409. The van der Waals surface area contributed by atoms with Crippen LogP contribution in [0.4, 0.5) is 0 Å². The smallest absolute Gasteiger partial charge is 0.129 e. The maximum Gasteiger partial charge on any atom is 0.129 e. The molecule has 136 valence electrons. The molecule has 6 heteroatoms. The Kier molecular flexibility index (Phi) is 16.3. The number of terminal acetylenes is 1. The van der Waals surface area contributed by atoms with Crippen LogP contribution in [0.15, 0.2) is 0 Å². The van der Waals surface area contributed by atoms with Crippen molar-refractivity contribution in [1.29, 1.82) is 0 Å². The van der Waals surface area contributed by atoms with E-state index in [0.29, 0.717) is 6.42 Å². The molecule has 0 aromatic carbocycles. The second-order valence-electron chi connectivity index (χ2n) is 7.12. The number of rotatable bonds is 3. The van der Waals surface area contributed by atoms with E-state index >= 15 is 0 Å². The zero-order valence-electron chi connectivity index (χ0n) is 14.8. The third kappa shape index (κ3) is 29.9. The molecule has 2 unspecified atom stereocenters. The molecule has 0 aromatic rings. The van der Waals surface area contributed by atoms with Crippen LogP contribution in [0, 0.1) is 23.4 Å². The maximum absolute atomic E-state index is 8.92. The molecule has 1 rings (SSSR count). The SMILES string of the molecule is C.C#C[Si](C)(C)C.C[Si](C)(C)C#CCC(O)CO.OCC1CO1. The summed E-state index contributed by atoms with van der Waals surface area (Å²) in [5, 5.41) is 25.5. The molecular weight excluding hydrogens is 324 g/mol. The topological polar surface area (TPSA) is 73.2 Å². The Morgan fingerprint density at radius 2 is 1.57 bits per heavy atom. The Morgan fingerprint density at radius 1 is 1.13 bits per heavy atom. The molecule has 1 saturated heterocycles. The van der Waals surface area contributed by atoms with Crippen molar-refractivity contribution in [2.24, 2.45) is 0 Å². The molecule has 1 heterocycles. The Balaban J connectivity index is -0.000000281. The van der Waals surface area contributed by atoms with E-state index in [1.54, 1.807) is 0 Å². The first-order valence-corrected chi connectivity index (χ1v) is 14.4. The van der Waals surface area contributed by atoms with Crippen LogP contribution in [-0.2, 0) is 4.74 Å². The van der Waals surface area contributed by atoms with E-state index in [0.717, 1.165) is 6.61 Å². The fraction of sp³-hybridized carbons (Fsp3) is 0.765. The van der Waals surface area contributed by atoms with Gasteiger partial charge in [-0.15, -0.1) is 23.4 Å². The highest BCUT2D eigenvalue weighted by Gasteiger charge is 2.19. The molecule has 1 aliphatic heterocycles. The lowest BCUT2D eigenvalue weighted by molar-refractivity contribution is 0.0992. The first-order chi connectivity index (χ1) is 9.95. The van der Waals surface area contributed by atoms with Gasteiger partial charge in [0.05, 0.1) is 25.9 Å². The van der Waals surface area contributed by atoms with Gasteiger partial charge in [-0.25, -0.2) is 0 Å². The summed E-state index contributed by atoms with van der Waals surface area (Å²) in [5.41, 5.74) is 5.85. The standard InChI is InChI=1S/C8H16O2Si.C5H10Si.C3H6O2.CH4/c1-11(2,3)6-4-5-8(10)7-9;1-5-6(2,3)4;4-1-3-2-5-3;/h8-10H,5,7H2,1-3H3;1H,2-4H3;3-4H,1-2H2;1H4. The minimum Gasteiger partial charge on any atom is -0.394 e. The summed E-state index contributed by atoms with van der Waals surface area (Å²) in [6.07, 6.45) is 5.03. The van der Waals surface area contributed by atoms with Gasteiger partial charge >= 0.3 is 0 Å². The van der Waals surface area contributed by atoms with Crippen LogP contribution >= 0.6 is 0 Å². The normalized spacial score (nSPS) is 16.6. The predicted octanol–water partition coefficient (Wildman–Crippen LogP) is 2.12. The number of aliphatic hydroxyl groups is 3. The van der Waals surface area contributed by atoms with Crippen LogP contribution in [0.3, 0.4) is 0 Å². The van der Waals surface area contributed by atoms with Crippen molar-refractivity contribution in [1.82, 2.24) is 0 Å². The summed E-state index contributed by atoms with van der Waals surface area (Å²) in [5.74, 6) is 2.88.